The van der Waals surface area contributed by atoms with Crippen molar-refractivity contribution in [2.45, 2.75) is 38.5 Å². The molecule has 2 heterocycles. The van der Waals surface area contributed by atoms with Gasteiger partial charge in [-0.2, -0.15) is 0 Å². The molecule has 0 saturated carbocycles. The first-order chi connectivity index (χ1) is 12.6. The second-order valence-electron chi connectivity index (χ2n) is 6.67. The topological polar surface area (TPSA) is 68.0 Å². The van der Waals surface area contributed by atoms with E-state index < -0.39 is 0 Å². The van der Waals surface area contributed by atoms with Gasteiger partial charge in [0.05, 0.1) is 5.69 Å². The van der Waals surface area contributed by atoms with E-state index in [0.717, 1.165) is 35.2 Å². The molecular weight excluding hydrogens is 349 g/mol. The van der Waals surface area contributed by atoms with Gasteiger partial charge in [-0.05, 0) is 61.6 Å². The van der Waals surface area contributed by atoms with Crippen LogP contribution in [-0.2, 0) is 12.8 Å². The average molecular weight is 369 g/mol. The summed E-state index contributed by atoms with van der Waals surface area (Å²) in [4.78, 5) is 18.7. The van der Waals surface area contributed by atoms with Gasteiger partial charge in [0.1, 0.15) is 15.5 Å². The highest BCUT2D eigenvalue weighted by atomic mass is 32.1. The SMILES string of the molecule is Nc1c(C(=O)Nc2ccc(F)cc2)sc2nc3c(cc12)CCCCCC3. The van der Waals surface area contributed by atoms with E-state index in [4.69, 9.17) is 10.7 Å². The van der Waals surface area contributed by atoms with E-state index in [9.17, 15) is 9.18 Å². The fourth-order valence-corrected chi connectivity index (χ4v) is 4.39. The molecule has 0 fully saturated rings. The third-order valence-electron chi connectivity index (χ3n) is 4.81. The van der Waals surface area contributed by atoms with Gasteiger partial charge in [-0.1, -0.05) is 12.8 Å². The fraction of sp³-hybridized carbons (Fsp3) is 0.300. The van der Waals surface area contributed by atoms with Gasteiger partial charge in [-0.25, -0.2) is 9.37 Å². The molecule has 0 radical (unpaired) electrons. The number of benzene rings is 1. The highest BCUT2D eigenvalue weighted by Gasteiger charge is 2.20. The van der Waals surface area contributed by atoms with Crippen molar-refractivity contribution in [2.24, 2.45) is 0 Å². The van der Waals surface area contributed by atoms with E-state index in [1.165, 1.54) is 60.4 Å². The first kappa shape index (κ1) is 17.0. The van der Waals surface area contributed by atoms with Crippen LogP contribution in [0.4, 0.5) is 15.8 Å². The quantitative estimate of drug-likeness (QED) is 0.673. The van der Waals surface area contributed by atoms with E-state index in [0.29, 0.717) is 16.3 Å². The van der Waals surface area contributed by atoms with Gasteiger partial charge in [-0.3, -0.25) is 4.79 Å². The lowest BCUT2D eigenvalue weighted by atomic mass is 9.96. The number of carbonyl (C=O) groups excluding carboxylic acids is 1. The molecule has 3 aromatic rings. The number of halogens is 1. The Bertz CT molecular complexity index is 965. The van der Waals surface area contributed by atoms with Crippen molar-refractivity contribution >= 4 is 38.8 Å². The lowest BCUT2D eigenvalue weighted by Crippen LogP contribution is -2.11. The van der Waals surface area contributed by atoms with Gasteiger partial charge < -0.3 is 11.1 Å². The predicted molar refractivity (Wildman–Crippen MR) is 104 cm³/mol. The maximum absolute atomic E-state index is 13.0. The Morgan fingerprint density at radius 3 is 2.62 bits per heavy atom. The minimum atomic E-state index is -0.342. The molecule has 1 aromatic carbocycles. The van der Waals surface area contributed by atoms with Gasteiger partial charge in [0.15, 0.2) is 0 Å². The Hall–Kier alpha value is -2.47. The number of thiophene rings is 1. The van der Waals surface area contributed by atoms with Crippen LogP contribution < -0.4 is 11.1 Å². The third-order valence-corrected chi connectivity index (χ3v) is 5.92. The molecule has 0 spiro atoms. The van der Waals surface area contributed by atoms with Gasteiger partial charge in [0.2, 0.25) is 0 Å². The molecule has 2 aromatic heterocycles. The number of fused-ring (bicyclic) bond motifs is 2. The van der Waals surface area contributed by atoms with Gasteiger partial charge >= 0.3 is 0 Å². The van der Waals surface area contributed by atoms with Gasteiger partial charge in [0.25, 0.3) is 5.91 Å². The molecule has 1 aliphatic carbocycles. The first-order valence-corrected chi connectivity index (χ1v) is 9.71. The number of amides is 1. The number of nitrogen functional groups attached to an aromatic ring is 1. The van der Waals surface area contributed by atoms with Crippen molar-refractivity contribution in [1.82, 2.24) is 4.98 Å². The highest BCUT2D eigenvalue weighted by molar-refractivity contribution is 7.21. The minimum Gasteiger partial charge on any atom is -0.397 e. The largest absolute Gasteiger partial charge is 0.397 e. The van der Waals surface area contributed by atoms with E-state index in [2.05, 4.69) is 11.4 Å². The lowest BCUT2D eigenvalue weighted by Gasteiger charge is -2.12. The Labute approximate surface area is 155 Å². The van der Waals surface area contributed by atoms with Crippen LogP contribution in [0.25, 0.3) is 10.2 Å². The van der Waals surface area contributed by atoms with Gasteiger partial charge in [0, 0.05) is 16.8 Å². The average Bonchev–Trinajstić information content (AvgIpc) is 2.93. The van der Waals surface area contributed by atoms with Crippen molar-refractivity contribution in [1.29, 1.82) is 0 Å². The summed E-state index contributed by atoms with van der Waals surface area (Å²) in [7, 11) is 0. The van der Waals surface area contributed by atoms with Crippen molar-refractivity contribution < 1.29 is 9.18 Å². The van der Waals surface area contributed by atoms with E-state index in [1.807, 2.05) is 0 Å². The Morgan fingerprint density at radius 2 is 1.85 bits per heavy atom. The van der Waals surface area contributed by atoms with Crippen LogP contribution in [0.2, 0.25) is 0 Å². The number of pyridine rings is 1. The van der Waals surface area contributed by atoms with Crippen LogP contribution in [0.1, 0.15) is 46.6 Å². The van der Waals surface area contributed by atoms with Crippen LogP contribution >= 0.6 is 11.3 Å². The summed E-state index contributed by atoms with van der Waals surface area (Å²) in [6.07, 6.45) is 6.83. The van der Waals surface area contributed by atoms with Crippen molar-refractivity contribution in [3.8, 4) is 0 Å². The second-order valence-corrected chi connectivity index (χ2v) is 7.67. The number of anilines is 2. The number of nitrogens with zero attached hydrogens (tertiary/aromatic N) is 1. The molecule has 6 heteroatoms. The maximum atomic E-state index is 13.0. The molecule has 1 amide bonds. The highest BCUT2D eigenvalue weighted by Crippen LogP contribution is 2.35. The molecule has 0 bridgehead atoms. The Morgan fingerprint density at radius 1 is 1.12 bits per heavy atom. The molecule has 0 saturated heterocycles. The van der Waals surface area contributed by atoms with Crippen LogP contribution in [0, 0.1) is 5.82 Å². The third kappa shape index (κ3) is 3.29. The number of hydrogen-bond donors (Lipinski definition) is 2. The van der Waals surface area contributed by atoms with Crippen LogP contribution in [0.15, 0.2) is 30.3 Å². The summed E-state index contributed by atoms with van der Waals surface area (Å²) in [5.74, 6) is -0.629. The number of aryl methyl sites for hydroxylation is 2. The zero-order valence-corrected chi connectivity index (χ0v) is 15.2. The van der Waals surface area contributed by atoms with E-state index >= 15 is 0 Å². The summed E-state index contributed by atoms with van der Waals surface area (Å²) in [6, 6.07) is 7.79. The van der Waals surface area contributed by atoms with Crippen molar-refractivity contribution in [3.05, 3.63) is 52.3 Å². The van der Waals surface area contributed by atoms with Gasteiger partial charge in [-0.15, -0.1) is 11.3 Å². The smallest absolute Gasteiger partial charge is 0.267 e. The monoisotopic (exact) mass is 369 g/mol. The molecule has 0 atom stereocenters. The standard InChI is InChI=1S/C20H20FN3OS/c21-13-7-9-14(10-8-13)23-19(25)18-17(22)15-11-12-5-3-1-2-4-6-16(12)24-20(15)26-18/h7-11H,1-6,22H2,(H,23,25). The molecule has 0 unspecified atom stereocenters. The normalized spacial score (nSPS) is 14.5. The zero-order valence-electron chi connectivity index (χ0n) is 14.3. The summed E-state index contributed by atoms with van der Waals surface area (Å²) < 4.78 is 13.0. The van der Waals surface area contributed by atoms with Crippen LogP contribution in [-0.4, -0.2) is 10.9 Å². The number of nitrogens with two attached hydrogens (primary N) is 1. The molecule has 3 N–H and O–H groups in total. The predicted octanol–water partition coefficient (Wildman–Crippen LogP) is 4.93. The molecular formula is C20H20FN3OS. The summed E-state index contributed by atoms with van der Waals surface area (Å²) >= 11 is 1.32. The summed E-state index contributed by atoms with van der Waals surface area (Å²) in [5, 5.41) is 3.63. The number of rotatable bonds is 2. The molecule has 1 aliphatic rings. The number of carbonyl (C=O) groups is 1. The first-order valence-electron chi connectivity index (χ1n) is 8.89. The van der Waals surface area contributed by atoms with E-state index in [1.54, 1.807) is 0 Å². The second kappa shape index (κ2) is 7.03. The summed E-state index contributed by atoms with van der Waals surface area (Å²) in [6.45, 7) is 0. The minimum absolute atomic E-state index is 0.287. The number of hydrogen-bond acceptors (Lipinski definition) is 4. The Balaban J connectivity index is 1.68. The summed E-state index contributed by atoms with van der Waals surface area (Å²) in [5.41, 5.74) is 9.68. The molecule has 134 valence electrons. The molecule has 0 aliphatic heterocycles. The molecule has 4 nitrogen and oxygen atoms in total. The number of nitrogens with one attached hydrogen (secondary N) is 1. The lowest BCUT2D eigenvalue weighted by molar-refractivity contribution is 0.103. The van der Waals surface area contributed by atoms with E-state index in [-0.39, 0.29) is 11.7 Å². The van der Waals surface area contributed by atoms with Crippen LogP contribution in [0.5, 0.6) is 0 Å². The van der Waals surface area contributed by atoms with Crippen molar-refractivity contribution in [2.75, 3.05) is 11.1 Å². The van der Waals surface area contributed by atoms with Crippen molar-refractivity contribution in [3.63, 3.8) is 0 Å². The fourth-order valence-electron chi connectivity index (χ4n) is 3.40. The zero-order chi connectivity index (χ0) is 18.1. The molecule has 26 heavy (non-hydrogen) atoms. The van der Waals surface area contributed by atoms with Crippen LogP contribution in [0.3, 0.4) is 0 Å². The number of aromatic nitrogens is 1. The maximum Gasteiger partial charge on any atom is 0.267 e. The Kier molecular flexibility index (Phi) is 4.59. The molecule has 4 rings (SSSR count).